The van der Waals surface area contributed by atoms with Crippen molar-refractivity contribution in [1.82, 2.24) is 10.4 Å². The number of halogens is 3. The summed E-state index contributed by atoms with van der Waals surface area (Å²) in [5, 5.41) is 3.81. The molecular weight excluding hydrogens is 331 g/mol. The van der Waals surface area contributed by atoms with Crippen LogP contribution in [0.1, 0.15) is 38.7 Å². The van der Waals surface area contributed by atoms with E-state index in [1.807, 2.05) is 19.1 Å². The first-order valence-electron chi connectivity index (χ1n) is 8.27. The highest BCUT2D eigenvalue weighted by molar-refractivity contribution is 6.05. The number of anilines is 1. The molecule has 0 saturated heterocycles. The van der Waals surface area contributed by atoms with Gasteiger partial charge in [0, 0.05) is 18.9 Å². The topological polar surface area (TPSA) is 44.4 Å². The van der Waals surface area contributed by atoms with Crippen LogP contribution in [0.25, 0.3) is 0 Å². The van der Waals surface area contributed by atoms with Gasteiger partial charge in [-0.05, 0) is 29.9 Å². The number of rotatable bonds is 5. The SMILES string of the molecule is CC(C)CC(C)c1ccccc1NC(=O)C1=CN(C)NC1C(F)(F)F. The fourth-order valence-electron chi connectivity index (χ4n) is 3.10. The molecule has 0 radical (unpaired) electrons. The summed E-state index contributed by atoms with van der Waals surface area (Å²) in [6.45, 7) is 6.26. The highest BCUT2D eigenvalue weighted by Gasteiger charge is 2.47. The average Bonchev–Trinajstić information content (AvgIpc) is 2.89. The fourth-order valence-corrected chi connectivity index (χ4v) is 3.10. The molecule has 1 heterocycles. The quantitative estimate of drug-likeness (QED) is 0.838. The van der Waals surface area contributed by atoms with Crippen molar-refractivity contribution in [3.05, 3.63) is 41.6 Å². The zero-order valence-corrected chi connectivity index (χ0v) is 14.8. The molecule has 0 bridgehead atoms. The molecule has 2 rings (SSSR count). The molecular formula is C18H24F3N3O. The van der Waals surface area contributed by atoms with Gasteiger partial charge < -0.3 is 10.3 Å². The predicted octanol–water partition coefficient (Wildman–Crippen LogP) is 4.04. The highest BCUT2D eigenvalue weighted by Crippen LogP contribution is 2.32. The molecule has 7 heteroatoms. The van der Waals surface area contributed by atoms with Crippen LogP contribution in [0.4, 0.5) is 18.9 Å². The highest BCUT2D eigenvalue weighted by atomic mass is 19.4. The molecule has 25 heavy (non-hydrogen) atoms. The lowest BCUT2D eigenvalue weighted by Gasteiger charge is -2.21. The minimum Gasteiger partial charge on any atom is -0.322 e. The second kappa shape index (κ2) is 7.47. The van der Waals surface area contributed by atoms with Crippen molar-refractivity contribution < 1.29 is 18.0 Å². The Balaban J connectivity index is 2.22. The van der Waals surface area contributed by atoms with Gasteiger partial charge in [0.05, 0.1) is 5.57 Å². The van der Waals surface area contributed by atoms with Gasteiger partial charge in [-0.2, -0.15) is 13.2 Å². The van der Waals surface area contributed by atoms with E-state index in [-0.39, 0.29) is 11.5 Å². The second-order valence-corrected chi connectivity index (χ2v) is 6.87. The number of nitrogens with one attached hydrogen (secondary N) is 2. The van der Waals surface area contributed by atoms with E-state index in [1.165, 1.54) is 13.2 Å². The molecule has 0 saturated carbocycles. The molecule has 0 spiro atoms. The molecule has 1 amide bonds. The number of nitrogens with zero attached hydrogens (tertiary/aromatic N) is 1. The van der Waals surface area contributed by atoms with Crippen molar-refractivity contribution in [3.63, 3.8) is 0 Å². The van der Waals surface area contributed by atoms with Crippen LogP contribution >= 0.6 is 0 Å². The maximum absolute atomic E-state index is 13.1. The van der Waals surface area contributed by atoms with Gasteiger partial charge in [-0.3, -0.25) is 4.79 Å². The van der Waals surface area contributed by atoms with Crippen molar-refractivity contribution in [1.29, 1.82) is 0 Å². The predicted molar refractivity (Wildman–Crippen MR) is 91.8 cm³/mol. The number of hydrogen-bond acceptors (Lipinski definition) is 3. The Morgan fingerprint density at radius 1 is 1.28 bits per heavy atom. The monoisotopic (exact) mass is 355 g/mol. The maximum Gasteiger partial charge on any atom is 0.409 e. The van der Waals surface area contributed by atoms with E-state index in [1.54, 1.807) is 12.1 Å². The third-order valence-electron chi connectivity index (χ3n) is 4.13. The van der Waals surface area contributed by atoms with Gasteiger partial charge in [-0.1, -0.05) is 39.0 Å². The molecule has 4 nitrogen and oxygen atoms in total. The van der Waals surface area contributed by atoms with Crippen molar-refractivity contribution in [2.24, 2.45) is 5.92 Å². The standard InChI is InChI=1S/C18H24F3N3O/c1-11(2)9-12(3)13-7-5-6-8-15(13)22-17(25)14-10-24(4)23-16(14)18(19,20)21/h5-8,10-12,16,23H,9H2,1-4H3,(H,22,25). The number of alkyl halides is 3. The number of carbonyl (C=O) groups excluding carboxylic acids is 1. The van der Waals surface area contributed by atoms with Gasteiger partial charge in [-0.15, -0.1) is 0 Å². The molecule has 1 aromatic rings. The first kappa shape index (κ1) is 19.3. The fraction of sp³-hybridized carbons (Fsp3) is 0.500. The van der Waals surface area contributed by atoms with Gasteiger partial charge in [-0.25, -0.2) is 5.43 Å². The molecule has 1 aliphatic heterocycles. The first-order valence-corrected chi connectivity index (χ1v) is 8.27. The summed E-state index contributed by atoms with van der Waals surface area (Å²) < 4.78 is 39.4. The number of amides is 1. The number of carbonyl (C=O) groups is 1. The van der Waals surface area contributed by atoms with Crippen LogP contribution < -0.4 is 10.7 Å². The van der Waals surface area contributed by atoms with Gasteiger partial charge in [0.2, 0.25) is 0 Å². The molecule has 0 aromatic heterocycles. The maximum atomic E-state index is 13.1. The summed E-state index contributed by atoms with van der Waals surface area (Å²) in [7, 11) is 1.43. The zero-order valence-electron chi connectivity index (χ0n) is 14.8. The zero-order chi connectivity index (χ0) is 18.8. The normalized spacial score (nSPS) is 19.1. The largest absolute Gasteiger partial charge is 0.409 e. The van der Waals surface area contributed by atoms with E-state index >= 15 is 0 Å². The second-order valence-electron chi connectivity index (χ2n) is 6.87. The van der Waals surface area contributed by atoms with Crippen molar-refractivity contribution in [2.45, 2.75) is 45.3 Å². The van der Waals surface area contributed by atoms with Crippen LogP contribution in [0.3, 0.4) is 0 Å². The third-order valence-corrected chi connectivity index (χ3v) is 4.13. The summed E-state index contributed by atoms with van der Waals surface area (Å²) >= 11 is 0. The van der Waals surface area contributed by atoms with Crippen LogP contribution in [0, 0.1) is 5.92 Å². The summed E-state index contributed by atoms with van der Waals surface area (Å²) in [5.41, 5.74) is 3.36. The number of para-hydroxylation sites is 1. The third kappa shape index (κ3) is 4.75. The Bertz CT molecular complexity index is 655. The Hall–Kier alpha value is -2.02. The lowest BCUT2D eigenvalue weighted by Crippen LogP contribution is -2.45. The van der Waals surface area contributed by atoms with Crippen molar-refractivity contribution >= 4 is 11.6 Å². The van der Waals surface area contributed by atoms with Crippen LogP contribution in [0.15, 0.2) is 36.0 Å². The van der Waals surface area contributed by atoms with Crippen LogP contribution in [0.5, 0.6) is 0 Å². The molecule has 0 fully saturated rings. The number of benzene rings is 1. The molecule has 0 aliphatic carbocycles. The van der Waals surface area contributed by atoms with Gasteiger partial charge in [0.25, 0.3) is 5.91 Å². The molecule has 138 valence electrons. The first-order chi connectivity index (χ1) is 11.6. The van der Waals surface area contributed by atoms with Crippen LogP contribution in [0.2, 0.25) is 0 Å². The summed E-state index contributed by atoms with van der Waals surface area (Å²) in [5.74, 6) is -0.0830. The Morgan fingerprint density at radius 2 is 1.92 bits per heavy atom. The van der Waals surface area contributed by atoms with Gasteiger partial charge in [0.1, 0.15) is 0 Å². The molecule has 2 atom stereocenters. The summed E-state index contributed by atoms with van der Waals surface area (Å²) in [4.78, 5) is 12.5. The van der Waals surface area contributed by atoms with Gasteiger partial charge in [0.15, 0.2) is 6.04 Å². The van der Waals surface area contributed by atoms with Crippen LogP contribution in [-0.2, 0) is 4.79 Å². The Labute approximate surface area is 146 Å². The van der Waals surface area contributed by atoms with E-state index in [2.05, 4.69) is 24.6 Å². The van der Waals surface area contributed by atoms with E-state index in [0.717, 1.165) is 17.0 Å². The Morgan fingerprint density at radius 3 is 2.52 bits per heavy atom. The van der Waals surface area contributed by atoms with E-state index in [9.17, 15) is 18.0 Å². The summed E-state index contributed by atoms with van der Waals surface area (Å²) in [6.07, 6.45) is -2.45. The Kier molecular flexibility index (Phi) is 5.77. The lowest BCUT2D eigenvalue weighted by atomic mass is 9.91. The molecule has 2 N–H and O–H groups in total. The molecule has 2 unspecified atom stereocenters. The van der Waals surface area contributed by atoms with Crippen LogP contribution in [-0.4, -0.2) is 30.2 Å². The lowest BCUT2D eigenvalue weighted by molar-refractivity contribution is -0.153. The van der Waals surface area contributed by atoms with E-state index in [4.69, 9.17) is 0 Å². The minimum absolute atomic E-state index is 0.188. The van der Waals surface area contributed by atoms with Gasteiger partial charge >= 0.3 is 6.18 Å². The number of hydrazine groups is 1. The molecule has 1 aromatic carbocycles. The van der Waals surface area contributed by atoms with Crippen molar-refractivity contribution in [3.8, 4) is 0 Å². The smallest absolute Gasteiger partial charge is 0.322 e. The van der Waals surface area contributed by atoms with Crippen molar-refractivity contribution in [2.75, 3.05) is 12.4 Å². The molecule has 1 aliphatic rings. The van der Waals surface area contributed by atoms with E-state index < -0.39 is 18.1 Å². The minimum atomic E-state index is -4.54. The summed E-state index contributed by atoms with van der Waals surface area (Å²) in [6, 6.07) is 5.24. The average molecular weight is 355 g/mol. The number of hydrogen-bond donors (Lipinski definition) is 2. The van der Waals surface area contributed by atoms with E-state index in [0.29, 0.717) is 11.6 Å².